The molecule has 4 rings (SSSR count). The van der Waals surface area contributed by atoms with Gasteiger partial charge in [0.15, 0.2) is 11.5 Å². The number of benzene rings is 2. The zero-order valence-corrected chi connectivity index (χ0v) is 17.4. The van der Waals surface area contributed by atoms with E-state index in [1.807, 2.05) is 55.2 Å². The molecule has 1 fully saturated rings. The molecular weight excluding hydrogens is 380 g/mol. The van der Waals surface area contributed by atoms with Crippen LogP contribution in [0.1, 0.15) is 41.3 Å². The molecule has 1 saturated heterocycles. The van der Waals surface area contributed by atoms with Crippen molar-refractivity contribution in [2.24, 2.45) is 0 Å². The third kappa shape index (κ3) is 3.90. The van der Waals surface area contributed by atoms with Crippen molar-refractivity contribution in [3.63, 3.8) is 0 Å². The van der Waals surface area contributed by atoms with Crippen LogP contribution in [0.5, 0.6) is 11.5 Å². The number of amides is 2. The van der Waals surface area contributed by atoms with E-state index in [0.717, 1.165) is 37.1 Å². The molecule has 2 heterocycles. The van der Waals surface area contributed by atoms with Gasteiger partial charge in [0.25, 0.3) is 11.8 Å². The quantitative estimate of drug-likeness (QED) is 0.814. The molecule has 156 valence electrons. The summed E-state index contributed by atoms with van der Waals surface area (Å²) in [4.78, 5) is 27.6. The van der Waals surface area contributed by atoms with Gasteiger partial charge in [-0.05, 0) is 56.5 Å². The third-order valence-electron chi connectivity index (χ3n) is 5.51. The molecule has 1 N–H and O–H groups in total. The second-order valence-electron chi connectivity index (χ2n) is 7.50. The van der Waals surface area contributed by atoms with Crippen LogP contribution in [0.3, 0.4) is 0 Å². The number of para-hydroxylation sites is 1. The van der Waals surface area contributed by atoms with Gasteiger partial charge in [-0.3, -0.25) is 9.59 Å². The van der Waals surface area contributed by atoms with Crippen molar-refractivity contribution in [3.8, 4) is 11.5 Å². The number of anilines is 1. The number of hydrogen-bond donors (Lipinski definition) is 1. The van der Waals surface area contributed by atoms with E-state index in [-0.39, 0.29) is 18.4 Å². The molecule has 2 aromatic rings. The predicted octanol–water partition coefficient (Wildman–Crippen LogP) is 4.04. The number of carbonyl (C=O) groups is 2. The lowest BCUT2D eigenvalue weighted by molar-refractivity contribution is -0.113. The number of carbonyl (C=O) groups excluding carboxylic acids is 2. The molecule has 0 bridgehead atoms. The molecule has 0 unspecified atom stereocenters. The lowest BCUT2D eigenvalue weighted by atomic mass is 10.0. The van der Waals surface area contributed by atoms with Crippen LogP contribution in [0.4, 0.5) is 5.69 Å². The first-order valence-corrected chi connectivity index (χ1v) is 10.4. The van der Waals surface area contributed by atoms with Crippen LogP contribution in [0.25, 0.3) is 6.08 Å². The van der Waals surface area contributed by atoms with Gasteiger partial charge in [-0.2, -0.15) is 0 Å². The van der Waals surface area contributed by atoms with E-state index in [2.05, 4.69) is 5.32 Å². The Morgan fingerprint density at radius 3 is 2.67 bits per heavy atom. The van der Waals surface area contributed by atoms with Crippen LogP contribution >= 0.6 is 0 Å². The summed E-state index contributed by atoms with van der Waals surface area (Å²) in [7, 11) is 0. The van der Waals surface area contributed by atoms with E-state index >= 15 is 0 Å². The highest BCUT2D eigenvalue weighted by Crippen LogP contribution is 2.36. The Balaban J connectivity index is 1.54. The number of likely N-dealkylation sites (tertiary alicyclic amines) is 1. The fraction of sp³-hybridized carbons (Fsp3) is 0.333. The van der Waals surface area contributed by atoms with Crippen molar-refractivity contribution < 1.29 is 19.1 Å². The SMILES string of the molecule is CCOc1cccc2c1OCC(C(=O)Nc1cccc(C(=O)N3CCCC3)c1C)=C2. The summed E-state index contributed by atoms with van der Waals surface area (Å²) in [6, 6.07) is 11.1. The van der Waals surface area contributed by atoms with Crippen LogP contribution in [0.15, 0.2) is 42.0 Å². The van der Waals surface area contributed by atoms with Crippen molar-refractivity contribution >= 4 is 23.6 Å². The van der Waals surface area contributed by atoms with E-state index in [1.54, 1.807) is 6.07 Å². The molecule has 0 atom stereocenters. The zero-order valence-electron chi connectivity index (χ0n) is 17.4. The monoisotopic (exact) mass is 406 g/mol. The normalized spacial score (nSPS) is 15.1. The van der Waals surface area contributed by atoms with E-state index in [9.17, 15) is 9.59 Å². The summed E-state index contributed by atoms with van der Waals surface area (Å²) < 4.78 is 11.4. The van der Waals surface area contributed by atoms with Crippen molar-refractivity contribution in [1.82, 2.24) is 4.90 Å². The zero-order chi connectivity index (χ0) is 21.1. The molecule has 0 spiro atoms. The van der Waals surface area contributed by atoms with Crippen LogP contribution in [-0.4, -0.2) is 43.0 Å². The van der Waals surface area contributed by atoms with E-state index in [4.69, 9.17) is 9.47 Å². The molecule has 0 saturated carbocycles. The van der Waals surface area contributed by atoms with E-state index < -0.39 is 0 Å². The highest BCUT2D eigenvalue weighted by atomic mass is 16.5. The van der Waals surface area contributed by atoms with E-state index in [1.165, 1.54) is 0 Å². The maximum absolute atomic E-state index is 12.9. The summed E-state index contributed by atoms with van der Waals surface area (Å²) >= 11 is 0. The number of ether oxygens (including phenoxy) is 2. The van der Waals surface area contributed by atoms with Gasteiger partial charge in [0.1, 0.15) is 6.61 Å². The molecule has 0 radical (unpaired) electrons. The van der Waals surface area contributed by atoms with Gasteiger partial charge in [0.05, 0.1) is 12.2 Å². The minimum absolute atomic E-state index is 0.0266. The Morgan fingerprint density at radius 1 is 1.13 bits per heavy atom. The van der Waals surface area contributed by atoms with Crippen LogP contribution in [-0.2, 0) is 4.79 Å². The summed E-state index contributed by atoms with van der Waals surface area (Å²) in [5.41, 5.74) is 3.38. The first kappa shape index (κ1) is 20.0. The smallest absolute Gasteiger partial charge is 0.255 e. The fourth-order valence-electron chi connectivity index (χ4n) is 3.88. The Hall–Kier alpha value is -3.28. The van der Waals surface area contributed by atoms with Crippen molar-refractivity contribution in [2.75, 3.05) is 31.6 Å². The average molecular weight is 406 g/mol. The number of nitrogens with zero attached hydrogens (tertiary/aromatic N) is 1. The Labute approximate surface area is 176 Å². The van der Waals surface area contributed by atoms with Crippen molar-refractivity contribution in [3.05, 3.63) is 58.7 Å². The second kappa shape index (κ2) is 8.61. The summed E-state index contributed by atoms with van der Waals surface area (Å²) in [5.74, 6) is 1.12. The first-order valence-electron chi connectivity index (χ1n) is 10.4. The van der Waals surface area contributed by atoms with Crippen LogP contribution < -0.4 is 14.8 Å². The summed E-state index contributed by atoms with van der Waals surface area (Å²) in [6.07, 6.45) is 3.91. The van der Waals surface area contributed by atoms with Gasteiger partial charge in [0, 0.05) is 29.9 Å². The lowest BCUT2D eigenvalue weighted by Gasteiger charge is -2.21. The van der Waals surface area contributed by atoms with E-state index in [0.29, 0.717) is 34.9 Å². The lowest BCUT2D eigenvalue weighted by Crippen LogP contribution is -2.28. The minimum Gasteiger partial charge on any atom is -0.490 e. The largest absolute Gasteiger partial charge is 0.490 e. The molecule has 2 aromatic carbocycles. The van der Waals surface area contributed by atoms with Crippen LogP contribution in [0, 0.1) is 6.92 Å². The minimum atomic E-state index is -0.240. The molecule has 2 aliphatic rings. The topological polar surface area (TPSA) is 67.9 Å². The number of rotatable bonds is 5. The van der Waals surface area contributed by atoms with Gasteiger partial charge in [-0.1, -0.05) is 18.2 Å². The van der Waals surface area contributed by atoms with Gasteiger partial charge >= 0.3 is 0 Å². The van der Waals surface area contributed by atoms with Gasteiger partial charge in [-0.25, -0.2) is 0 Å². The molecule has 6 heteroatoms. The Kier molecular flexibility index (Phi) is 5.74. The first-order chi connectivity index (χ1) is 14.6. The molecule has 6 nitrogen and oxygen atoms in total. The predicted molar refractivity (Wildman–Crippen MR) is 116 cm³/mol. The second-order valence-corrected chi connectivity index (χ2v) is 7.50. The summed E-state index contributed by atoms with van der Waals surface area (Å²) in [5, 5.41) is 2.95. The third-order valence-corrected chi connectivity index (χ3v) is 5.51. The Morgan fingerprint density at radius 2 is 1.90 bits per heavy atom. The maximum atomic E-state index is 12.9. The summed E-state index contributed by atoms with van der Waals surface area (Å²) in [6.45, 7) is 6.08. The molecule has 0 aliphatic carbocycles. The highest BCUT2D eigenvalue weighted by Gasteiger charge is 2.24. The molecule has 2 aliphatic heterocycles. The maximum Gasteiger partial charge on any atom is 0.255 e. The molecule has 0 aromatic heterocycles. The van der Waals surface area contributed by atoms with Crippen molar-refractivity contribution in [1.29, 1.82) is 0 Å². The fourth-order valence-corrected chi connectivity index (χ4v) is 3.88. The molecular formula is C24H26N2O4. The van der Waals surface area contributed by atoms with Gasteiger partial charge in [0.2, 0.25) is 0 Å². The Bertz CT molecular complexity index is 1010. The average Bonchev–Trinajstić information content (AvgIpc) is 3.30. The van der Waals surface area contributed by atoms with Crippen molar-refractivity contribution in [2.45, 2.75) is 26.7 Å². The van der Waals surface area contributed by atoms with Crippen LogP contribution in [0.2, 0.25) is 0 Å². The number of hydrogen-bond acceptors (Lipinski definition) is 4. The number of nitrogens with one attached hydrogen (secondary N) is 1. The molecule has 2 amide bonds. The standard InChI is InChI=1S/C24H26N2O4/c1-3-29-21-11-6-8-17-14-18(15-30-22(17)21)23(27)25-20-10-7-9-19(16(20)2)24(28)26-12-4-5-13-26/h6-11,14H,3-5,12-13,15H2,1-2H3,(H,25,27). The van der Waals surface area contributed by atoms with Gasteiger partial charge < -0.3 is 19.7 Å². The molecule has 30 heavy (non-hydrogen) atoms. The van der Waals surface area contributed by atoms with Gasteiger partial charge in [-0.15, -0.1) is 0 Å². The highest BCUT2D eigenvalue weighted by molar-refractivity contribution is 6.08. The number of fused-ring (bicyclic) bond motifs is 1.